The summed E-state index contributed by atoms with van der Waals surface area (Å²) in [6.07, 6.45) is 3.85. The van der Waals surface area contributed by atoms with E-state index in [0.717, 1.165) is 24.8 Å². The van der Waals surface area contributed by atoms with Gasteiger partial charge in [0, 0.05) is 18.4 Å². The van der Waals surface area contributed by atoms with Crippen LogP contribution in [-0.2, 0) is 9.53 Å². The Morgan fingerprint density at radius 1 is 1.32 bits per heavy atom. The number of piperidine rings is 1. The molecule has 0 aliphatic carbocycles. The van der Waals surface area contributed by atoms with Crippen LogP contribution in [-0.4, -0.2) is 41.4 Å². The first kappa shape index (κ1) is 15.3. The second-order valence-corrected chi connectivity index (χ2v) is 6.99. The number of amides is 1. The van der Waals surface area contributed by atoms with Crippen molar-refractivity contribution in [3.8, 4) is 0 Å². The average molecular weight is 332 g/mol. The fourth-order valence-corrected chi connectivity index (χ4v) is 4.21. The van der Waals surface area contributed by atoms with Gasteiger partial charge in [-0.1, -0.05) is 22.9 Å². The van der Waals surface area contributed by atoms with Crippen LogP contribution < -0.4 is 0 Å². The van der Waals surface area contributed by atoms with Crippen LogP contribution in [0.3, 0.4) is 0 Å². The van der Waals surface area contributed by atoms with Crippen LogP contribution in [0.5, 0.6) is 0 Å². The number of nitrogens with zero attached hydrogens (tertiary/aromatic N) is 1. The van der Waals surface area contributed by atoms with Gasteiger partial charge in [0.1, 0.15) is 0 Å². The SMILES string of the molecule is CC1OC(C)C(C(=O)N2CCCC(CCBr)C2)C1C. The summed E-state index contributed by atoms with van der Waals surface area (Å²) in [6.45, 7) is 8.15. The van der Waals surface area contributed by atoms with E-state index in [-0.39, 0.29) is 18.1 Å². The Labute approximate surface area is 125 Å². The van der Waals surface area contributed by atoms with Crippen LogP contribution in [0, 0.1) is 17.8 Å². The highest BCUT2D eigenvalue weighted by molar-refractivity contribution is 9.09. The molecular formula is C15H26BrNO2. The van der Waals surface area contributed by atoms with Gasteiger partial charge in [-0.25, -0.2) is 0 Å². The van der Waals surface area contributed by atoms with Crippen molar-refractivity contribution >= 4 is 21.8 Å². The molecule has 0 bridgehead atoms. The lowest BCUT2D eigenvalue weighted by Crippen LogP contribution is -2.46. The first-order chi connectivity index (χ1) is 9.04. The van der Waals surface area contributed by atoms with Gasteiger partial charge < -0.3 is 9.64 Å². The fraction of sp³-hybridized carbons (Fsp3) is 0.933. The third-order valence-corrected chi connectivity index (χ3v) is 5.33. The molecule has 2 aliphatic rings. The van der Waals surface area contributed by atoms with Crippen LogP contribution in [0.2, 0.25) is 0 Å². The molecule has 2 fully saturated rings. The van der Waals surface area contributed by atoms with Crippen molar-refractivity contribution in [3.05, 3.63) is 0 Å². The third-order valence-electron chi connectivity index (χ3n) is 4.88. The maximum atomic E-state index is 12.8. The van der Waals surface area contributed by atoms with Crippen LogP contribution in [0.1, 0.15) is 40.0 Å². The molecule has 110 valence electrons. The van der Waals surface area contributed by atoms with Crippen molar-refractivity contribution < 1.29 is 9.53 Å². The van der Waals surface area contributed by atoms with Crippen LogP contribution >= 0.6 is 15.9 Å². The van der Waals surface area contributed by atoms with E-state index in [1.807, 2.05) is 6.92 Å². The van der Waals surface area contributed by atoms with Crippen LogP contribution in [0.25, 0.3) is 0 Å². The number of carbonyl (C=O) groups excluding carboxylic acids is 1. The molecule has 3 nitrogen and oxygen atoms in total. The molecular weight excluding hydrogens is 306 g/mol. The zero-order chi connectivity index (χ0) is 14.0. The second-order valence-electron chi connectivity index (χ2n) is 6.20. The van der Waals surface area contributed by atoms with Crippen LogP contribution in [0.15, 0.2) is 0 Å². The first-order valence-corrected chi connectivity index (χ1v) is 8.67. The molecule has 0 aromatic rings. The van der Waals surface area contributed by atoms with Crippen molar-refractivity contribution in [1.29, 1.82) is 0 Å². The average Bonchev–Trinajstić information content (AvgIpc) is 2.63. The monoisotopic (exact) mass is 331 g/mol. The second kappa shape index (κ2) is 6.57. The van der Waals surface area contributed by atoms with Crippen molar-refractivity contribution in [2.75, 3.05) is 18.4 Å². The minimum atomic E-state index is 0.0534. The van der Waals surface area contributed by atoms with E-state index in [1.54, 1.807) is 0 Å². The normalized spacial score (nSPS) is 39.6. The van der Waals surface area contributed by atoms with E-state index in [1.165, 1.54) is 12.8 Å². The Balaban J connectivity index is 1.99. The van der Waals surface area contributed by atoms with Gasteiger partial charge in [0.15, 0.2) is 0 Å². The van der Waals surface area contributed by atoms with Gasteiger partial charge in [-0.15, -0.1) is 0 Å². The predicted molar refractivity (Wildman–Crippen MR) is 80.4 cm³/mol. The van der Waals surface area contributed by atoms with E-state index in [4.69, 9.17) is 4.74 Å². The van der Waals surface area contributed by atoms with E-state index < -0.39 is 0 Å². The summed E-state index contributed by atoms with van der Waals surface area (Å²) in [4.78, 5) is 14.8. The molecule has 2 saturated heterocycles. The third kappa shape index (κ3) is 3.33. The van der Waals surface area contributed by atoms with Crippen molar-refractivity contribution in [2.24, 2.45) is 17.8 Å². The summed E-state index contributed by atoms with van der Waals surface area (Å²) in [5.74, 6) is 1.38. The van der Waals surface area contributed by atoms with Gasteiger partial charge in [0.2, 0.25) is 5.91 Å². The fourth-order valence-electron chi connectivity index (χ4n) is 3.56. The summed E-state index contributed by atoms with van der Waals surface area (Å²) in [5.41, 5.74) is 0. The molecule has 4 heteroatoms. The predicted octanol–water partition coefficient (Wildman–Crippen LogP) is 3.07. The molecule has 0 aromatic heterocycles. The highest BCUT2D eigenvalue weighted by Crippen LogP contribution is 2.34. The summed E-state index contributed by atoms with van der Waals surface area (Å²) in [6, 6.07) is 0. The van der Waals surface area contributed by atoms with Gasteiger partial charge in [0.05, 0.1) is 18.1 Å². The number of rotatable bonds is 3. The van der Waals surface area contributed by atoms with Gasteiger partial charge in [-0.3, -0.25) is 4.79 Å². The molecule has 1 amide bonds. The number of alkyl halides is 1. The Kier molecular flexibility index (Phi) is 5.29. The molecule has 0 spiro atoms. The summed E-state index contributed by atoms with van der Waals surface area (Å²) < 4.78 is 5.82. The molecule has 2 aliphatic heterocycles. The van der Waals surface area contributed by atoms with Gasteiger partial charge >= 0.3 is 0 Å². The Hall–Kier alpha value is -0.0900. The molecule has 2 rings (SSSR count). The molecule has 0 N–H and O–H groups in total. The Morgan fingerprint density at radius 3 is 2.63 bits per heavy atom. The molecule has 2 heterocycles. The van der Waals surface area contributed by atoms with Crippen molar-refractivity contribution in [3.63, 3.8) is 0 Å². The lowest BCUT2D eigenvalue weighted by Gasteiger charge is -2.35. The number of likely N-dealkylation sites (tertiary alicyclic amines) is 1. The maximum Gasteiger partial charge on any atom is 0.228 e. The van der Waals surface area contributed by atoms with E-state index in [2.05, 4.69) is 34.7 Å². The van der Waals surface area contributed by atoms with Gasteiger partial charge in [-0.2, -0.15) is 0 Å². The largest absolute Gasteiger partial charge is 0.374 e. The summed E-state index contributed by atoms with van der Waals surface area (Å²) >= 11 is 3.51. The van der Waals surface area contributed by atoms with Crippen molar-refractivity contribution in [2.45, 2.75) is 52.2 Å². The van der Waals surface area contributed by atoms with E-state index >= 15 is 0 Å². The molecule has 19 heavy (non-hydrogen) atoms. The van der Waals surface area contributed by atoms with E-state index in [0.29, 0.717) is 17.7 Å². The zero-order valence-corrected chi connectivity index (χ0v) is 13.9. The lowest BCUT2D eigenvalue weighted by atomic mass is 9.87. The molecule has 0 aromatic carbocycles. The summed E-state index contributed by atoms with van der Waals surface area (Å²) in [7, 11) is 0. The van der Waals surface area contributed by atoms with Gasteiger partial charge in [-0.05, 0) is 44.9 Å². The highest BCUT2D eigenvalue weighted by Gasteiger charge is 2.43. The van der Waals surface area contributed by atoms with Gasteiger partial charge in [0.25, 0.3) is 0 Å². The number of hydrogen-bond donors (Lipinski definition) is 0. The highest BCUT2D eigenvalue weighted by atomic mass is 79.9. The number of ether oxygens (including phenoxy) is 1. The smallest absolute Gasteiger partial charge is 0.228 e. The number of halogens is 1. The van der Waals surface area contributed by atoms with E-state index in [9.17, 15) is 4.79 Å². The Bertz CT molecular complexity index is 321. The molecule has 5 unspecified atom stereocenters. The lowest BCUT2D eigenvalue weighted by molar-refractivity contribution is -0.139. The molecule has 5 atom stereocenters. The van der Waals surface area contributed by atoms with Crippen molar-refractivity contribution in [1.82, 2.24) is 4.90 Å². The standard InChI is InChI=1S/C15H26BrNO2/c1-10-11(2)19-12(3)14(10)15(18)17-8-4-5-13(9-17)6-7-16/h10-14H,4-9H2,1-3H3. The maximum absolute atomic E-state index is 12.8. The number of carbonyl (C=O) groups is 1. The minimum absolute atomic E-state index is 0.0534. The first-order valence-electron chi connectivity index (χ1n) is 7.54. The number of hydrogen-bond acceptors (Lipinski definition) is 2. The topological polar surface area (TPSA) is 29.5 Å². The quantitative estimate of drug-likeness (QED) is 0.744. The zero-order valence-electron chi connectivity index (χ0n) is 12.3. The molecule has 0 saturated carbocycles. The Morgan fingerprint density at radius 2 is 2.05 bits per heavy atom. The summed E-state index contributed by atoms with van der Waals surface area (Å²) in [5, 5.41) is 1.04. The molecule has 0 radical (unpaired) electrons. The van der Waals surface area contributed by atoms with Crippen LogP contribution in [0.4, 0.5) is 0 Å². The minimum Gasteiger partial charge on any atom is -0.374 e.